The monoisotopic (exact) mass is 413 g/mol. The highest BCUT2D eigenvalue weighted by atomic mass is 16.6. The summed E-state index contributed by atoms with van der Waals surface area (Å²) in [6, 6.07) is 8.89. The Hall–Kier alpha value is -3.69. The van der Waals surface area contributed by atoms with Crippen molar-refractivity contribution in [2.24, 2.45) is 0 Å². The lowest BCUT2D eigenvalue weighted by Gasteiger charge is -2.22. The van der Waals surface area contributed by atoms with Crippen LogP contribution in [0.3, 0.4) is 0 Å². The number of ether oxygens (including phenoxy) is 1. The largest absolute Gasteiger partial charge is 0.464 e. The number of benzene rings is 1. The average molecular weight is 413 g/mol. The molecule has 0 bridgehead atoms. The third-order valence-electron chi connectivity index (χ3n) is 3.94. The number of carboxylic acid groups (broad SMARTS) is 1. The van der Waals surface area contributed by atoms with Gasteiger partial charge in [-0.25, -0.2) is 19.1 Å². The van der Waals surface area contributed by atoms with E-state index in [2.05, 4.69) is 20.5 Å². The lowest BCUT2D eigenvalue weighted by atomic mass is 10.1. The number of imidazole rings is 1. The van der Waals surface area contributed by atoms with E-state index < -0.39 is 23.8 Å². The van der Waals surface area contributed by atoms with Gasteiger partial charge in [-0.1, -0.05) is 30.3 Å². The number of hydrogen-bond donors (Lipinski definition) is 2. The fourth-order valence-electron chi connectivity index (χ4n) is 2.68. The van der Waals surface area contributed by atoms with Crippen molar-refractivity contribution in [3.8, 4) is 0 Å². The number of carbonyl (C=O) groups excluding carboxylic acids is 1. The lowest BCUT2D eigenvalue weighted by molar-refractivity contribution is 0.0494. The number of nitrogens with one attached hydrogen (secondary N) is 1. The summed E-state index contributed by atoms with van der Waals surface area (Å²) in [5.74, 6) is 0.569. The maximum absolute atomic E-state index is 12.3. The first kappa shape index (κ1) is 21.0. The fraction of sp³-hybridized carbons (Fsp3) is 0.350. The van der Waals surface area contributed by atoms with Gasteiger partial charge in [0.2, 0.25) is 11.8 Å². The van der Waals surface area contributed by atoms with Crippen LogP contribution in [0.1, 0.15) is 49.9 Å². The lowest BCUT2D eigenvalue weighted by Crippen LogP contribution is -2.36. The molecule has 10 nitrogen and oxygen atoms in total. The number of aromatic nitrogens is 4. The smallest absolute Gasteiger partial charge is 0.416 e. The Balaban J connectivity index is 1.79. The van der Waals surface area contributed by atoms with Gasteiger partial charge in [-0.3, -0.25) is 0 Å². The molecule has 0 unspecified atom stereocenters. The van der Waals surface area contributed by atoms with Gasteiger partial charge in [0.25, 0.3) is 0 Å². The van der Waals surface area contributed by atoms with E-state index in [1.54, 1.807) is 20.8 Å². The second kappa shape index (κ2) is 8.76. The SMILES string of the molecule is CC(C)(C)OC(=O)N[C@@H](Cc1cn(C(=O)O)cn1)c1nnc(Cc2ccccc2)o1. The van der Waals surface area contributed by atoms with Crippen LogP contribution in [0.5, 0.6) is 0 Å². The summed E-state index contributed by atoms with van der Waals surface area (Å²) < 4.78 is 12.0. The van der Waals surface area contributed by atoms with E-state index in [0.29, 0.717) is 18.0 Å². The van der Waals surface area contributed by atoms with Gasteiger partial charge in [-0.15, -0.1) is 10.2 Å². The number of hydrogen-bond acceptors (Lipinski definition) is 7. The van der Waals surface area contributed by atoms with Gasteiger partial charge < -0.3 is 19.6 Å². The molecule has 158 valence electrons. The molecule has 3 rings (SSSR count). The Morgan fingerprint density at radius 2 is 1.97 bits per heavy atom. The fourth-order valence-corrected chi connectivity index (χ4v) is 2.68. The van der Waals surface area contributed by atoms with Crippen molar-refractivity contribution in [3.63, 3.8) is 0 Å². The highest BCUT2D eigenvalue weighted by molar-refractivity contribution is 5.68. The Kier molecular flexibility index (Phi) is 6.14. The van der Waals surface area contributed by atoms with Crippen molar-refractivity contribution < 1.29 is 23.8 Å². The first-order chi connectivity index (χ1) is 14.2. The molecular formula is C20H23N5O5. The highest BCUT2D eigenvalue weighted by Crippen LogP contribution is 2.19. The Morgan fingerprint density at radius 3 is 2.60 bits per heavy atom. The molecule has 10 heteroatoms. The molecule has 1 aromatic carbocycles. The number of carbonyl (C=O) groups is 2. The van der Waals surface area contributed by atoms with Crippen molar-refractivity contribution in [3.05, 3.63) is 65.9 Å². The number of alkyl carbamates (subject to hydrolysis) is 1. The van der Waals surface area contributed by atoms with Crippen LogP contribution in [0.25, 0.3) is 0 Å². The Labute approximate surface area is 172 Å². The molecule has 0 aliphatic rings. The molecule has 0 radical (unpaired) electrons. The standard InChI is InChI=1S/C20H23N5O5/c1-20(2,3)30-18(26)22-15(10-14-11-25(12-21-14)19(27)28)17-24-23-16(29-17)9-13-7-5-4-6-8-13/h4-8,11-12,15H,9-10H2,1-3H3,(H,22,26)(H,27,28)/t15-/m0/s1. The zero-order valence-electron chi connectivity index (χ0n) is 16.9. The molecular weight excluding hydrogens is 390 g/mol. The zero-order chi connectivity index (χ0) is 21.7. The quantitative estimate of drug-likeness (QED) is 0.629. The van der Waals surface area contributed by atoms with E-state index in [9.17, 15) is 9.59 Å². The van der Waals surface area contributed by atoms with Gasteiger partial charge in [0, 0.05) is 12.6 Å². The maximum atomic E-state index is 12.3. The van der Waals surface area contributed by atoms with Crippen molar-refractivity contribution in [1.29, 1.82) is 0 Å². The average Bonchev–Trinajstić information content (AvgIpc) is 3.30. The maximum Gasteiger partial charge on any atom is 0.416 e. The zero-order valence-corrected chi connectivity index (χ0v) is 16.9. The highest BCUT2D eigenvalue weighted by Gasteiger charge is 2.26. The molecule has 0 saturated heterocycles. The molecule has 30 heavy (non-hydrogen) atoms. The number of rotatable bonds is 6. The van der Waals surface area contributed by atoms with Crippen LogP contribution in [0, 0.1) is 0 Å². The second-order valence-corrected chi connectivity index (χ2v) is 7.65. The minimum Gasteiger partial charge on any atom is -0.464 e. The number of nitrogens with zero attached hydrogens (tertiary/aromatic N) is 4. The second-order valence-electron chi connectivity index (χ2n) is 7.65. The van der Waals surface area contributed by atoms with E-state index in [4.69, 9.17) is 14.3 Å². The van der Waals surface area contributed by atoms with Crippen LogP contribution in [-0.2, 0) is 17.6 Å². The summed E-state index contributed by atoms with van der Waals surface area (Å²) in [4.78, 5) is 27.4. The van der Waals surface area contributed by atoms with E-state index >= 15 is 0 Å². The molecule has 0 aliphatic heterocycles. The summed E-state index contributed by atoms with van der Waals surface area (Å²) >= 11 is 0. The molecule has 1 amide bonds. The van der Waals surface area contributed by atoms with E-state index in [-0.39, 0.29) is 12.3 Å². The molecule has 1 atom stereocenters. The van der Waals surface area contributed by atoms with Crippen molar-refractivity contribution in [1.82, 2.24) is 25.1 Å². The normalized spacial score (nSPS) is 12.4. The first-order valence-electron chi connectivity index (χ1n) is 9.31. The Morgan fingerprint density at radius 1 is 1.23 bits per heavy atom. The molecule has 0 spiro atoms. The van der Waals surface area contributed by atoms with E-state index in [1.807, 2.05) is 30.3 Å². The third-order valence-corrected chi connectivity index (χ3v) is 3.94. The molecule has 2 N–H and O–H groups in total. The summed E-state index contributed by atoms with van der Waals surface area (Å²) in [6.45, 7) is 5.25. The van der Waals surface area contributed by atoms with Gasteiger partial charge in [0.05, 0.1) is 12.1 Å². The Bertz CT molecular complexity index is 1010. The predicted molar refractivity (Wildman–Crippen MR) is 105 cm³/mol. The third kappa shape index (κ3) is 5.90. The van der Waals surface area contributed by atoms with Crippen LogP contribution in [0.4, 0.5) is 9.59 Å². The molecule has 0 fully saturated rings. The molecule has 2 heterocycles. The van der Waals surface area contributed by atoms with Gasteiger partial charge in [0.15, 0.2) is 0 Å². The predicted octanol–water partition coefficient (Wildman–Crippen LogP) is 3.19. The minimum absolute atomic E-state index is 0.145. The molecule has 0 saturated carbocycles. The van der Waals surface area contributed by atoms with Crippen molar-refractivity contribution >= 4 is 12.2 Å². The first-order valence-corrected chi connectivity index (χ1v) is 9.31. The topological polar surface area (TPSA) is 132 Å². The van der Waals surface area contributed by atoms with Crippen LogP contribution < -0.4 is 5.32 Å². The number of amides is 1. The van der Waals surface area contributed by atoms with Crippen LogP contribution in [-0.4, -0.2) is 42.6 Å². The summed E-state index contributed by atoms with van der Waals surface area (Å²) in [7, 11) is 0. The van der Waals surface area contributed by atoms with Crippen LogP contribution in [0.2, 0.25) is 0 Å². The summed E-state index contributed by atoms with van der Waals surface area (Å²) in [5.41, 5.74) is 0.748. The van der Waals surface area contributed by atoms with Gasteiger partial charge in [0.1, 0.15) is 18.0 Å². The van der Waals surface area contributed by atoms with Crippen LogP contribution >= 0.6 is 0 Å². The molecule has 2 aromatic heterocycles. The van der Waals surface area contributed by atoms with E-state index in [0.717, 1.165) is 10.1 Å². The minimum atomic E-state index is -1.16. The van der Waals surface area contributed by atoms with Gasteiger partial charge in [-0.2, -0.15) is 0 Å². The van der Waals surface area contributed by atoms with Crippen molar-refractivity contribution in [2.45, 2.75) is 45.3 Å². The van der Waals surface area contributed by atoms with Gasteiger partial charge >= 0.3 is 12.2 Å². The summed E-state index contributed by atoms with van der Waals surface area (Å²) in [5, 5.41) is 19.9. The summed E-state index contributed by atoms with van der Waals surface area (Å²) in [6.07, 6.45) is 1.30. The van der Waals surface area contributed by atoms with E-state index in [1.165, 1.54) is 12.5 Å². The van der Waals surface area contributed by atoms with Crippen molar-refractivity contribution in [2.75, 3.05) is 0 Å². The van der Waals surface area contributed by atoms with Gasteiger partial charge in [-0.05, 0) is 26.3 Å². The van der Waals surface area contributed by atoms with Crippen LogP contribution in [0.15, 0.2) is 47.3 Å². The molecule has 0 aliphatic carbocycles. The molecule has 3 aromatic rings.